The molecule has 0 saturated carbocycles. The topological polar surface area (TPSA) is 93.6 Å². The van der Waals surface area contributed by atoms with Gasteiger partial charge < -0.3 is 19.9 Å². The van der Waals surface area contributed by atoms with Crippen molar-refractivity contribution in [2.75, 3.05) is 12.1 Å². The average Bonchev–Trinajstić information content (AvgIpc) is 2.88. The standard InChI is InChI=1S/C12H8ClN3O4/c13-7-4-14-12(16-10(7)11(17)18)15-6-1-2-8-9(3-6)20-5-19-8/h1-4H,5H2,(H,17,18)(H,14,15,16). The van der Waals surface area contributed by atoms with Crippen LogP contribution in [-0.2, 0) is 0 Å². The Kier molecular flexibility index (Phi) is 3.03. The minimum Gasteiger partial charge on any atom is -0.476 e. The summed E-state index contributed by atoms with van der Waals surface area (Å²) in [4.78, 5) is 18.7. The molecule has 1 aliphatic heterocycles. The first kappa shape index (κ1) is 12.5. The van der Waals surface area contributed by atoms with Crippen LogP contribution in [0.15, 0.2) is 24.4 Å². The van der Waals surface area contributed by atoms with Crippen LogP contribution in [0.4, 0.5) is 11.6 Å². The van der Waals surface area contributed by atoms with Gasteiger partial charge in [0.15, 0.2) is 17.2 Å². The van der Waals surface area contributed by atoms with Gasteiger partial charge in [0.25, 0.3) is 0 Å². The smallest absolute Gasteiger partial charge is 0.356 e. The van der Waals surface area contributed by atoms with Gasteiger partial charge in [-0.15, -0.1) is 0 Å². The van der Waals surface area contributed by atoms with Crippen molar-refractivity contribution < 1.29 is 19.4 Å². The molecule has 8 heteroatoms. The van der Waals surface area contributed by atoms with E-state index in [9.17, 15) is 4.79 Å². The third-order valence-corrected chi connectivity index (χ3v) is 2.85. The molecule has 0 radical (unpaired) electrons. The Hall–Kier alpha value is -2.54. The number of carbonyl (C=O) groups is 1. The molecule has 0 atom stereocenters. The van der Waals surface area contributed by atoms with E-state index in [1.165, 1.54) is 6.20 Å². The number of anilines is 2. The molecule has 0 amide bonds. The number of nitrogens with zero attached hydrogens (tertiary/aromatic N) is 2. The maximum atomic E-state index is 10.9. The average molecular weight is 294 g/mol. The van der Waals surface area contributed by atoms with E-state index in [4.69, 9.17) is 26.2 Å². The summed E-state index contributed by atoms with van der Waals surface area (Å²) in [7, 11) is 0. The van der Waals surface area contributed by atoms with Gasteiger partial charge in [-0.3, -0.25) is 0 Å². The zero-order chi connectivity index (χ0) is 14.1. The quantitative estimate of drug-likeness (QED) is 0.896. The third kappa shape index (κ3) is 2.30. The first-order chi connectivity index (χ1) is 9.63. The van der Waals surface area contributed by atoms with Crippen molar-refractivity contribution in [3.05, 3.63) is 35.1 Å². The van der Waals surface area contributed by atoms with E-state index in [0.29, 0.717) is 17.2 Å². The Balaban J connectivity index is 1.88. The lowest BCUT2D eigenvalue weighted by Crippen LogP contribution is -2.06. The zero-order valence-electron chi connectivity index (χ0n) is 9.96. The highest BCUT2D eigenvalue weighted by Gasteiger charge is 2.15. The molecule has 2 aromatic rings. The number of carboxylic acid groups (broad SMARTS) is 1. The first-order valence-electron chi connectivity index (χ1n) is 5.56. The highest BCUT2D eigenvalue weighted by Crippen LogP contribution is 2.34. The third-order valence-electron chi connectivity index (χ3n) is 2.58. The van der Waals surface area contributed by atoms with Crippen LogP contribution in [0.25, 0.3) is 0 Å². The number of benzene rings is 1. The van der Waals surface area contributed by atoms with Crippen molar-refractivity contribution in [1.82, 2.24) is 9.97 Å². The van der Waals surface area contributed by atoms with Gasteiger partial charge in [-0.2, -0.15) is 0 Å². The van der Waals surface area contributed by atoms with Crippen LogP contribution in [0.2, 0.25) is 5.02 Å². The summed E-state index contributed by atoms with van der Waals surface area (Å²) in [6.45, 7) is 0.180. The molecule has 3 rings (SSSR count). The van der Waals surface area contributed by atoms with E-state index in [-0.39, 0.29) is 23.5 Å². The van der Waals surface area contributed by atoms with Crippen LogP contribution in [0.1, 0.15) is 10.5 Å². The zero-order valence-corrected chi connectivity index (χ0v) is 10.7. The second kappa shape index (κ2) is 4.86. The Morgan fingerprint density at radius 1 is 1.35 bits per heavy atom. The SMILES string of the molecule is O=C(O)c1nc(Nc2ccc3c(c2)OCO3)ncc1Cl. The van der Waals surface area contributed by atoms with Crippen molar-refractivity contribution in [3.63, 3.8) is 0 Å². The molecule has 0 fully saturated rings. The number of hydrogen-bond acceptors (Lipinski definition) is 6. The Morgan fingerprint density at radius 3 is 2.95 bits per heavy atom. The molecule has 2 N–H and O–H groups in total. The number of carboxylic acids is 1. The fourth-order valence-corrected chi connectivity index (χ4v) is 1.85. The fourth-order valence-electron chi connectivity index (χ4n) is 1.68. The largest absolute Gasteiger partial charge is 0.476 e. The second-order valence-corrected chi connectivity index (χ2v) is 4.30. The molecule has 1 aliphatic rings. The lowest BCUT2D eigenvalue weighted by Gasteiger charge is -2.06. The number of fused-ring (bicyclic) bond motifs is 1. The van der Waals surface area contributed by atoms with Gasteiger partial charge in [-0.25, -0.2) is 14.8 Å². The number of rotatable bonds is 3. The summed E-state index contributed by atoms with van der Waals surface area (Å²) in [6, 6.07) is 5.19. The monoisotopic (exact) mass is 293 g/mol. The molecule has 0 spiro atoms. The van der Waals surface area contributed by atoms with Crippen molar-refractivity contribution in [3.8, 4) is 11.5 Å². The predicted molar refractivity (Wildman–Crippen MR) is 69.8 cm³/mol. The summed E-state index contributed by atoms with van der Waals surface area (Å²) in [5.74, 6) is 0.165. The number of halogens is 1. The highest BCUT2D eigenvalue weighted by molar-refractivity contribution is 6.33. The lowest BCUT2D eigenvalue weighted by atomic mass is 10.3. The van der Waals surface area contributed by atoms with E-state index in [2.05, 4.69) is 15.3 Å². The molecule has 0 aliphatic carbocycles. The van der Waals surface area contributed by atoms with Gasteiger partial charge in [-0.05, 0) is 12.1 Å². The van der Waals surface area contributed by atoms with Gasteiger partial charge in [0.1, 0.15) is 0 Å². The van der Waals surface area contributed by atoms with Gasteiger partial charge in [0, 0.05) is 11.8 Å². The van der Waals surface area contributed by atoms with Crippen LogP contribution in [0.5, 0.6) is 11.5 Å². The van der Waals surface area contributed by atoms with E-state index < -0.39 is 5.97 Å². The maximum absolute atomic E-state index is 10.9. The van der Waals surface area contributed by atoms with Crippen LogP contribution in [-0.4, -0.2) is 27.8 Å². The van der Waals surface area contributed by atoms with E-state index in [1.54, 1.807) is 18.2 Å². The van der Waals surface area contributed by atoms with Gasteiger partial charge in [0.05, 0.1) is 11.2 Å². The molecule has 1 aromatic heterocycles. The van der Waals surface area contributed by atoms with E-state index in [0.717, 1.165) is 0 Å². The molecule has 0 bridgehead atoms. The lowest BCUT2D eigenvalue weighted by molar-refractivity contribution is 0.0690. The van der Waals surface area contributed by atoms with Gasteiger partial charge in [-0.1, -0.05) is 11.6 Å². The summed E-state index contributed by atoms with van der Waals surface area (Å²) < 4.78 is 10.4. The number of aromatic nitrogens is 2. The Bertz CT molecular complexity index is 692. The van der Waals surface area contributed by atoms with Crippen molar-refractivity contribution in [1.29, 1.82) is 0 Å². The normalized spacial score (nSPS) is 12.2. The molecule has 7 nitrogen and oxygen atoms in total. The van der Waals surface area contributed by atoms with Crippen LogP contribution >= 0.6 is 11.6 Å². The Labute approximate surface area is 118 Å². The van der Waals surface area contributed by atoms with Gasteiger partial charge >= 0.3 is 5.97 Å². The second-order valence-electron chi connectivity index (χ2n) is 3.89. The summed E-state index contributed by atoms with van der Waals surface area (Å²) in [6.07, 6.45) is 1.23. The van der Waals surface area contributed by atoms with Crippen LogP contribution < -0.4 is 14.8 Å². The van der Waals surface area contributed by atoms with E-state index >= 15 is 0 Å². The maximum Gasteiger partial charge on any atom is 0.356 e. The van der Waals surface area contributed by atoms with Crippen molar-refractivity contribution in [2.24, 2.45) is 0 Å². The Morgan fingerprint density at radius 2 is 2.15 bits per heavy atom. The summed E-state index contributed by atoms with van der Waals surface area (Å²) in [5.41, 5.74) is 0.387. The molecule has 20 heavy (non-hydrogen) atoms. The summed E-state index contributed by atoms with van der Waals surface area (Å²) in [5, 5.41) is 11.8. The number of aromatic carboxylic acids is 1. The van der Waals surface area contributed by atoms with E-state index in [1.807, 2.05) is 0 Å². The predicted octanol–water partition coefficient (Wildman–Crippen LogP) is 2.30. The van der Waals surface area contributed by atoms with Crippen molar-refractivity contribution >= 4 is 29.2 Å². The number of nitrogens with one attached hydrogen (secondary N) is 1. The van der Waals surface area contributed by atoms with Crippen LogP contribution in [0.3, 0.4) is 0 Å². The number of hydrogen-bond donors (Lipinski definition) is 2. The molecule has 1 aromatic carbocycles. The van der Waals surface area contributed by atoms with Gasteiger partial charge in [0.2, 0.25) is 12.7 Å². The molecule has 2 heterocycles. The molecule has 0 unspecified atom stereocenters. The molecule has 102 valence electrons. The van der Waals surface area contributed by atoms with Crippen molar-refractivity contribution in [2.45, 2.75) is 0 Å². The highest BCUT2D eigenvalue weighted by atomic mass is 35.5. The summed E-state index contributed by atoms with van der Waals surface area (Å²) >= 11 is 5.70. The fraction of sp³-hybridized carbons (Fsp3) is 0.0833. The molecular formula is C12H8ClN3O4. The minimum absolute atomic E-state index is 0.0197. The molecular weight excluding hydrogens is 286 g/mol. The van der Waals surface area contributed by atoms with Crippen LogP contribution in [0, 0.1) is 0 Å². The minimum atomic E-state index is -1.22. The molecule has 0 saturated heterocycles. The first-order valence-corrected chi connectivity index (χ1v) is 5.94. The number of ether oxygens (including phenoxy) is 2.